The SMILES string of the molecule is CN1CCN(c2ccc(CNC(=O)c3cccc(CN4C(=O)c5ccccc5C4=O)c3)cn2)CC1. The maximum atomic E-state index is 12.8. The highest BCUT2D eigenvalue weighted by atomic mass is 16.2. The highest BCUT2D eigenvalue weighted by molar-refractivity contribution is 6.21. The van der Waals surface area contributed by atoms with Gasteiger partial charge in [-0.1, -0.05) is 30.3 Å². The average molecular weight is 470 g/mol. The summed E-state index contributed by atoms with van der Waals surface area (Å²) in [6.45, 7) is 4.42. The van der Waals surface area contributed by atoms with Gasteiger partial charge in [0.1, 0.15) is 5.82 Å². The summed E-state index contributed by atoms with van der Waals surface area (Å²) in [5.74, 6) is 0.104. The third kappa shape index (κ3) is 4.79. The Bertz CT molecular complexity index is 1230. The number of imide groups is 1. The van der Waals surface area contributed by atoms with Gasteiger partial charge in [0, 0.05) is 44.5 Å². The Morgan fingerprint density at radius 2 is 1.60 bits per heavy atom. The second-order valence-electron chi connectivity index (χ2n) is 8.94. The maximum Gasteiger partial charge on any atom is 0.261 e. The number of fused-ring (bicyclic) bond motifs is 1. The van der Waals surface area contributed by atoms with Crippen molar-refractivity contribution in [3.63, 3.8) is 0 Å². The first-order valence-corrected chi connectivity index (χ1v) is 11.7. The fraction of sp³-hybridized carbons (Fsp3) is 0.259. The second kappa shape index (κ2) is 9.68. The lowest BCUT2D eigenvalue weighted by Gasteiger charge is -2.33. The van der Waals surface area contributed by atoms with Crippen molar-refractivity contribution in [2.45, 2.75) is 13.1 Å². The minimum atomic E-state index is -0.312. The Hall–Kier alpha value is -4.04. The molecule has 0 aliphatic carbocycles. The number of anilines is 1. The van der Waals surface area contributed by atoms with Gasteiger partial charge in [-0.15, -0.1) is 0 Å². The van der Waals surface area contributed by atoms with Gasteiger partial charge in [0.05, 0.1) is 17.7 Å². The average Bonchev–Trinajstić information content (AvgIpc) is 3.13. The van der Waals surface area contributed by atoms with Gasteiger partial charge < -0.3 is 15.1 Å². The van der Waals surface area contributed by atoms with Crippen LogP contribution in [-0.2, 0) is 13.1 Å². The summed E-state index contributed by atoms with van der Waals surface area (Å²) < 4.78 is 0. The number of hydrogen-bond acceptors (Lipinski definition) is 6. The Balaban J connectivity index is 1.19. The number of nitrogens with one attached hydrogen (secondary N) is 1. The van der Waals surface area contributed by atoms with Crippen LogP contribution < -0.4 is 10.2 Å². The predicted molar refractivity (Wildman–Crippen MR) is 132 cm³/mol. The van der Waals surface area contributed by atoms with E-state index in [9.17, 15) is 14.4 Å². The molecule has 2 aliphatic rings. The molecule has 0 spiro atoms. The summed E-state index contributed by atoms with van der Waals surface area (Å²) in [7, 11) is 2.12. The van der Waals surface area contributed by atoms with E-state index in [4.69, 9.17) is 0 Å². The minimum Gasteiger partial charge on any atom is -0.354 e. The fourth-order valence-corrected chi connectivity index (χ4v) is 4.40. The molecule has 0 unspecified atom stereocenters. The van der Waals surface area contributed by atoms with Crippen molar-refractivity contribution in [3.8, 4) is 0 Å². The van der Waals surface area contributed by atoms with Crippen LogP contribution in [0.15, 0.2) is 66.9 Å². The number of nitrogens with zero attached hydrogens (tertiary/aromatic N) is 4. The molecule has 8 nitrogen and oxygen atoms in total. The Labute approximate surface area is 204 Å². The quantitative estimate of drug-likeness (QED) is 0.559. The van der Waals surface area contributed by atoms with E-state index in [1.807, 2.05) is 12.1 Å². The summed E-state index contributed by atoms with van der Waals surface area (Å²) in [6, 6.07) is 17.8. The predicted octanol–water partition coefficient (Wildman–Crippen LogP) is 2.56. The maximum absolute atomic E-state index is 12.8. The number of pyridine rings is 1. The van der Waals surface area contributed by atoms with E-state index in [0.29, 0.717) is 28.8 Å². The lowest BCUT2D eigenvalue weighted by molar-refractivity contribution is 0.0642. The van der Waals surface area contributed by atoms with Gasteiger partial charge in [-0.3, -0.25) is 19.3 Å². The molecule has 2 aromatic carbocycles. The molecule has 8 heteroatoms. The van der Waals surface area contributed by atoms with Crippen molar-refractivity contribution >= 4 is 23.5 Å². The van der Waals surface area contributed by atoms with Gasteiger partial charge in [0.25, 0.3) is 17.7 Å². The number of carbonyl (C=O) groups excluding carboxylic acids is 3. The summed E-state index contributed by atoms with van der Waals surface area (Å²) >= 11 is 0. The topological polar surface area (TPSA) is 85.9 Å². The van der Waals surface area contributed by atoms with Gasteiger partial charge in [0.15, 0.2) is 0 Å². The van der Waals surface area contributed by atoms with Crippen LogP contribution in [0.3, 0.4) is 0 Å². The van der Waals surface area contributed by atoms with Crippen molar-refractivity contribution in [2.24, 2.45) is 0 Å². The first-order valence-electron chi connectivity index (χ1n) is 11.7. The van der Waals surface area contributed by atoms with Crippen LogP contribution in [0.5, 0.6) is 0 Å². The van der Waals surface area contributed by atoms with E-state index in [-0.39, 0.29) is 24.3 Å². The molecule has 5 rings (SSSR count). The van der Waals surface area contributed by atoms with Crippen molar-refractivity contribution < 1.29 is 14.4 Å². The summed E-state index contributed by atoms with van der Waals surface area (Å²) in [5, 5.41) is 2.93. The molecule has 3 aromatic rings. The highest BCUT2D eigenvalue weighted by Crippen LogP contribution is 2.24. The van der Waals surface area contributed by atoms with Crippen LogP contribution in [0.2, 0.25) is 0 Å². The summed E-state index contributed by atoms with van der Waals surface area (Å²) in [4.78, 5) is 48.4. The van der Waals surface area contributed by atoms with E-state index in [1.54, 1.807) is 54.7 Å². The number of benzene rings is 2. The first kappa shape index (κ1) is 22.7. The molecule has 0 saturated carbocycles. The Morgan fingerprint density at radius 3 is 2.26 bits per heavy atom. The molecular formula is C27H27N5O3. The van der Waals surface area contributed by atoms with Crippen molar-refractivity contribution in [3.05, 3.63) is 94.7 Å². The van der Waals surface area contributed by atoms with Gasteiger partial charge in [-0.2, -0.15) is 0 Å². The number of hydrogen-bond donors (Lipinski definition) is 1. The molecule has 1 aromatic heterocycles. The molecule has 0 radical (unpaired) electrons. The molecule has 1 fully saturated rings. The molecule has 3 heterocycles. The van der Waals surface area contributed by atoms with E-state index < -0.39 is 0 Å². The molecule has 178 valence electrons. The van der Waals surface area contributed by atoms with Gasteiger partial charge in [0.2, 0.25) is 0 Å². The van der Waals surface area contributed by atoms with Gasteiger partial charge >= 0.3 is 0 Å². The number of carbonyl (C=O) groups is 3. The highest BCUT2D eigenvalue weighted by Gasteiger charge is 2.35. The van der Waals surface area contributed by atoms with E-state index in [1.165, 1.54) is 4.90 Å². The van der Waals surface area contributed by atoms with E-state index >= 15 is 0 Å². The summed E-state index contributed by atoms with van der Waals surface area (Å²) in [5.41, 5.74) is 2.93. The fourth-order valence-electron chi connectivity index (χ4n) is 4.40. The number of amides is 3. The Kier molecular flexibility index (Phi) is 6.29. The standard InChI is InChI=1S/C27H27N5O3/c1-30-11-13-31(14-12-30)24-10-9-20(16-28-24)17-29-25(33)21-6-4-5-19(15-21)18-32-26(34)22-7-2-3-8-23(22)27(32)35/h2-10,15-16H,11-14,17-18H2,1H3,(H,29,33). The molecule has 0 atom stereocenters. The molecule has 2 aliphatic heterocycles. The number of likely N-dealkylation sites (N-methyl/N-ethyl adjacent to an activating group) is 1. The normalized spacial score (nSPS) is 15.9. The zero-order chi connectivity index (χ0) is 24.4. The third-order valence-corrected chi connectivity index (χ3v) is 6.50. The number of rotatable bonds is 6. The Morgan fingerprint density at radius 1 is 0.886 bits per heavy atom. The van der Waals surface area contributed by atoms with Crippen LogP contribution in [-0.4, -0.2) is 65.7 Å². The zero-order valence-corrected chi connectivity index (χ0v) is 19.6. The van der Waals surface area contributed by atoms with E-state index in [0.717, 1.165) is 37.6 Å². The number of piperazine rings is 1. The van der Waals surface area contributed by atoms with Crippen LogP contribution in [0.25, 0.3) is 0 Å². The molecule has 3 amide bonds. The first-order chi connectivity index (χ1) is 17.0. The van der Waals surface area contributed by atoms with Crippen LogP contribution in [0.1, 0.15) is 42.2 Å². The monoisotopic (exact) mass is 469 g/mol. The van der Waals surface area contributed by atoms with Crippen LogP contribution >= 0.6 is 0 Å². The summed E-state index contributed by atoms with van der Waals surface area (Å²) in [6.07, 6.45) is 1.80. The molecule has 0 bridgehead atoms. The minimum absolute atomic E-state index is 0.116. The van der Waals surface area contributed by atoms with Crippen LogP contribution in [0, 0.1) is 0 Å². The van der Waals surface area contributed by atoms with E-state index in [2.05, 4.69) is 27.1 Å². The molecule has 1 saturated heterocycles. The second-order valence-corrected chi connectivity index (χ2v) is 8.94. The van der Waals surface area contributed by atoms with Crippen molar-refractivity contribution in [1.82, 2.24) is 20.1 Å². The van der Waals surface area contributed by atoms with Gasteiger partial charge in [-0.05, 0) is 48.5 Å². The largest absolute Gasteiger partial charge is 0.354 e. The molecular weight excluding hydrogens is 442 g/mol. The van der Waals surface area contributed by atoms with Crippen molar-refractivity contribution in [2.75, 3.05) is 38.1 Å². The van der Waals surface area contributed by atoms with Crippen molar-refractivity contribution in [1.29, 1.82) is 0 Å². The van der Waals surface area contributed by atoms with Gasteiger partial charge in [-0.25, -0.2) is 4.98 Å². The van der Waals surface area contributed by atoms with Crippen LogP contribution in [0.4, 0.5) is 5.82 Å². The lowest BCUT2D eigenvalue weighted by Crippen LogP contribution is -2.44. The number of aromatic nitrogens is 1. The zero-order valence-electron chi connectivity index (χ0n) is 19.6. The smallest absolute Gasteiger partial charge is 0.261 e. The lowest BCUT2D eigenvalue weighted by atomic mass is 10.1. The molecule has 35 heavy (non-hydrogen) atoms. The molecule has 1 N–H and O–H groups in total. The third-order valence-electron chi connectivity index (χ3n) is 6.50.